The molecule has 1 fully saturated rings. The van der Waals surface area contributed by atoms with Crippen LogP contribution in [-0.2, 0) is 4.79 Å². The van der Waals surface area contributed by atoms with Crippen molar-refractivity contribution in [2.45, 2.75) is 45.1 Å². The van der Waals surface area contributed by atoms with Crippen LogP contribution in [0.3, 0.4) is 0 Å². The molecule has 21 heavy (non-hydrogen) atoms. The average molecular weight is 292 g/mol. The Morgan fingerprint density at radius 1 is 1.29 bits per heavy atom. The van der Waals surface area contributed by atoms with Crippen LogP contribution in [0.2, 0.25) is 0 Å². The summed E-state index contributed by atoms with van der Waals surface area (Å²) < 4.78 is 13.6. The third-order valence-corrected chi connectivity index (χ3v) is 3.78. The zero-order valence-corrected chi connectivity index (χ0v) is 12.3. The number of carbonyl (C=O) groups excluding carboxylic acids is 2. The third-order valence-electron chi connectivity index (χ3n) is 3.78. The van der Waals surface area contributed by atoms with Crippen LogP contribution in [0, 0.1) is 5.82 Å². The molecule has 2 rings (SSSR count). The Morgan fingerprint density at radius 3 is 2.76 bits per heavy atom. The number of ketones is 1. The van der Waals surface area contributed by atoms with Gasteiger partial charge in [-0.2, -0.15) is 0 Å². The van der Waals surface area contributed by atoms with Gasteiger partial charge in [0.15, 0.2) is 0 Å². The Labute approximate surface area is 124 Å². The molecule has 114 valence electrons. The van der Waals surface area contributed by atoms with E-state index in [-0.39, 0.29) is 23.5 Å². The Balaban J connectivity index is 2.10. The Morgan fingerprint density at radius 2 is 2.05 bits per heavy atom. The first kappa shape index (κ1) is 15.5. The predicted molar refractivity (Wildman–Crippen MR) is 79.7 cm³/mol. The molecule has 0 aromatic heterocycles. The molecule has 0 saturated carbocycles. The number of rotatable bonds is 3. The number of amides is 2. The van der Waals surface area contributed by atoms with Crippen LogP contribution in [0.25, 0.3) is 0 Å². The highest BCUT2D eigenvalue weighted by molar-refractivity contribution is 5.90. The summed E-state index contributed by atoms with van der Waals surface area (Å²) in [6, 6.07) is 5.68. The van der Waals surface area contributed by atoms with Crippen molar-refractivity contribution < 1.29 is 14.0 Å². The van der Waals surface area contributed by atoms with Gasteiger partial charge in [0.2, 0.25) is 0 Å². The largest absolute Gasteiger partial charge is 0.322 e. The second-order valence-electron chi connectivity index (χ2n) is 5.51. The molecular formula is C16H21FN2O2. The molecule has 4 nitrogen and oxygen atoms in total. The van der Waals surface area contributed by atoms with Gasteiger partial charge in [0, 0.05) is 19.0 Å². The number of para-hydroxylation sites is 1. The normalized spacial score (nSPS) is 19.0. The van der Waals surface area contributed by atoms with Gasteiger partial charge in [-0.1, -0.05) is 25.0 Å². The van der Waals surface area contributed by atoms with Gasteiger partial charge in [-0.15, -0.1) is 0 Å². The maximum absolute atomic E-state index is 13.6. The third kappa shape index (κ3) is 4.28. The van der Waals surface area contributed by atoms with Crippen LogP contribution in [0.15, 0.2) is 24.3 Å². The molecule has 1 aliphatic rings. The maximum atomic E-state index is 13.6. The molecule has 1 unspecified atom stereocenters. The number of halogens is 1. The number of Topliss-reactive ketones (excluding diaryl/α,β-unsaturated/α-hetero) is 1. The van der Waals surface area contributed by atoms with E-state index < -0.39 is 5.82 Å². The van der Waals surface area contributed by atoms with Gasteiger partial charge < -0.3 is 10.2 Å². The van der Waals surface area contributed by atoms with Crippen LogP contribution in [0.1, 0.15) is 39.0 Å². The van der Waals surface area contributed by atoms with Crippen LogP contribution in [0.4, 0.5) is 14.9 Å². The summed E-state index contributed by atoms with van der Waals surface area (Å²) in [7, 11) is 0. The van der Waals surface area contributed by atoms with Gasteiger partial charge in [-0.05, 0) is 31.9 Å². The second-order valence-corrected chi connectivity index (χ2v) is 5.51. The molecule has 1 saturated heterocycles. The Bertz CT molecular complexity index is 519. The number of likely N-dealkylation sites (tertiary alicyclic amines) is 1. The lowest BCUT2D eigenvalue weighted by Gasteiger charge is -2.29. The first-order chi connectivity index (χ1) is 10.1. The van der Waals surface area contributed by atoms with E-state index in [0.29, 0.717) is 13.0 Å². The van der Waals surface area contributed by atoms with Crippen LogP contribution < -0.4 is 5.32 Å². The Hall–Kier alpha value is -1.91. The molecule has 1 aliphatic heterocycles. The first-order valence-corrected chi connectivity index (χ1v) is 7.39. The quantitative estimate of drug-likeness (QED) is 0.925. The lowest BCUT2D eigenvalue weighted by molar-refractivity contribution is -0.117. The van der Waals surface area contributed by atoms with E-state index in [1.54, 1.807) is 17.0 Å². The van der Waals surface area contributed by atoms with Gasteiger partial charge in [0.1, 0.15) is 11.6 Å². The van der Waals surface area contributed by atoms with Crippen molar-refractivity contribution in [3.8, 4) is 0 Å². The van der Waals surface area contributed by atoms with Crippen LogP contribution >= 0.6 is 0 Å². The average Bonchev–Trinajstić information content (AvgIpc) is 2.66. The van der Waals surface area contributed by atoms with Crippen LogP contribution in [-0.4, -0.2) is 29.3 Å². The van der Waals surface area contributed by atoms with E-state index >= 15 is 0 Å². The zero-order chi connectivity index (χ0) is 15.2. The summed E-state index contributed by atoms with van der Waals surface area (Å²) in [6.07, 6.45) is 4.17. The fourth-order valence-electron chi connectivity index (χ4n) is 2.74. The van der Waals surface area contributed by atoms with Crippen molar-refractivity contribution in [2.24, 2.45) is 0 Å². The molecule has 5 heteroatoms. The smallest absolute Gasteiger partial charge is 0.321 e. The standard InChI is InChI=1S/C16H21FN2O2/c1-12(20)11-13-7-3-2-6-10-19(13)16(21)18-15-9-5-4-8-14(15)17/h4-5,8-9,13H,2-3,6-7,10-11H2,1H3,(H,18,21). The van der Waals surface area contributed by atoms with Crippen molar-refractivity contribution in [1.82, 2.24) is 4.90 Å². The molecule has 0 radical (unpaired) electrons. The minimum Gasteiger partial charge on any atom is -0.321 e. The van der Waals surface area contributed by atoms with Crippen LogP contribution in [0.5, 0.6) is 0 Å². The maximum Gasteiger partial charge on any atom is 0.322 e. The summed E-state index contributed by atoms with van der Waals surface area (Å²) in [6.45, 7) is 2.15. The van der Waals surface area contributed by atoms with Gasteiger partial charge >= 0.3 is 6.03 Å². The molecular weight excluding hydrogens is 271 g/mol. The van der Waals surface area contributed by atoms with Crippen molar-refractivity contribution in [2.75, 3.05) is 11.9 Å². The summed E-state index contributed by atoms with van der Waals surface area (Å²) in [4.78, 5) is 25.5. The molecule has 0 spiro atoms. The predicted octanol–water partition coefficient (Wildman–Crippen LogP) is 3.58. The first-order valence-electron chi connectivity index (χ1n) is 7.39. The molecule has 2 amide bonds. The van der Waals surface area contributed by atoms with E-state index in [1.165, 1.54) is 19.1 Å². The topological polar surface area (TPSA) is 49.4 Å². The van der Waals surface area contributed by atoms with E-state index in [9.17, 15) is 14.0 Å². The van der Waals surface area contributed by atoms with Gasteiger partial charge in [0.05, 0.1) is 5.69 Å². The number of nitrogens with one attached hydrogen (secondary N) is 1. The fraction of sp³-hybridized carbons (Fsp3) is 0.500. The van der Waals surface area contributed by atoms with Crippen molar-refractivity contribution in [3.05, 3.63) is 30.1 Å². The SMILES string of the molecule is CC(=O)CC1CCCCCN1C(=O)Nc1ccccc1F. The molecule has 1 heterocycles. The number of nitrogens with zero attached hydrogens (tertiary/aromatic N) is 1. The number of urea groups is 1. The van der Waals surface area contributed by atoms with Crippen molar-refractivity contribution in [1.29, 1.82) is 0 Å². The molecule has 1 N–H and O–H groups in total. The van der Waals surface area contributed by atoms with Gasteiger partial charge in [0.25, 0.3) is 0 Å². The van der Waals surface area contributed by atoms with Gasteiger partial charge in [-0.25, -0.2) is 9.18 Å². The van der Waals surface area contributed by atoms with Crippen molar-refractivity contribution in [3.63, 3.8) is 0 Å². The minimum atomic E-state index is -0.455. The molecule has 0 aliphatic carbocycles. The van der Waals surface area contributed by atoms with E-state index in [0.717, 1.165) is 25.7 Å². The fourth-order valence-corrected chi connectivity index (χ4v) is 2.74. The molecule has 0 bridgehead atoms. The Kier molecular flexibility index (Phi) is 5.31. The lowest BCUT2D eigenvalue weighted by atomic mass is 10.0. The van der Waals surface area contributed by atoms with E-state index in [2.05, 4.69) is 5.32 Å². The highest BCUT2D eigenvalue weighted by Crippen LogP contribution is 2.21. The summed E-state index contributed by atoms with van der Waals surface area (Å²) in [5.41, 5.74) is 0.174. The zero-order valence-electron chi connectivity index (χ0n) is 12.3. The van der Waals surface area contributed by atoms with E-state index in [1.807, 2.05) is 0 Å². The molecule has 1 aromatic carbocycles. The number of benzene rings is 1. The van der Waals surface area contributed by atoms with Gasteiger partial charge in [-0.3, -0.25) is 4.79 Å². The second kappa shape index (κ2) is 7.20. The van der Waals surface area contributed by atoms with E-state index in [4.69, 9.17) is 0 Å². The summed E-state index contributed by atoms with van der Waals surface area (Å²) >= 11 is 0. The molecule has 1 atom stereocenters. The van der Waals surface area contributed by atoms with Crippen molar-refractivity contribution >= 4 is 17.5 Å². The lowest BCUT2D eigenvalue weighted by Crippen LogP contribution is -2.43. The highest BCUT2D eigenvalue weighted by Gasteiger charge is 2.26. The number of hydrogen-bond acceptors (Lipinski definition) is 2. The number of anilines is 1. The summed E-state index contributed by atoms with van der Waals surface area (Å²) in [5, 5.41) is 2.61. The highest BCUT2D eigenvalue weighted by atomic mass is 19.1. The number of carbonyl (C=O) groups is 2. The summed E-state index contributed by atoms with van der Waals surface area (Å²) in [5.74, 6) is -0.380. The minimum absolute atomic E-state index is 0.0746. The molecule has 1 aromatic rings. The monoisotopic (exact) mass is 292 g/mol. The number of hydrogen-bond donors (Lipinski definition) is 1.